The molecular formula is C8H7BINO2S. The van der Waals surface area contributed by atoms with Crippen molar-refractivity contribution in [2.75, 3.05) is 5.73 Å². The van der Waals surface area contributed by atoms with Gasteiger partial charge in [0.1, 0.15) is 0 Å². The number of rotatable bonds is 1. The van der Waals surface area contributed by atoms with Gasteiger partial charge in [-0.25, -0.2) is 0 Å². The van der Waals surface area contributed by atoms with Crippen LogP contribution in [0.1, 0.15) is 0 Å². The summed E-state index contributed by atoms with van der Waals surface area (Å²) in [6.45, 7) is 0. The highest BCUT2D eigenvalue weighted by atomic mass is 127. The smallest absolute Gasteiger partial charge is 0.423 e. The molecule has 0 aliphatic carbocycles. The number of nitrogen functional groups attached to an aromatic ring is 1. The fourth-order valence-corrected chi connectivity index (χ4v) is 3.10. The molecule has 0 unspecified atom stereocenters. The van der Waals surface area contributed by atoms with Gasteiger partial charge in [0.05, 0.1) is 5.00 Å². The van der Waals surface area contributed by atoms with Crippen molar-refractivity contribution in [2.24, 2.45) is 0 Å². The Morgan fingerprint density at radius 1 is 1.36 bits per heavy atom. The molecule has 0 fully saturated rings. The van der Waals surface area contributed by atoms with Crippen molar-refractivity contribution in [3.8, 4) is 0 Å². The lowest BCUT2D eigenvalue weighted by atomic mass is 9.80. The van der Waals surface area contributed by atoms with E-state index in [2.05, 4.69) is 22.6 Å². The monoisotopic (exact) mass is 319 g/mol. The number of benzene rings is 1. The summed E-state index contributed by atoms with van der Waals surface area (Å²) in [5.74, 6) is 0. The first-order valence-corrected chi connectivity index (χ1v) is 5.82. The molecule has 1 aromatic heterocycles. The quantitative estimate of drug-likeness (QED) is 0.537. The van der Waals surface area contributed by atoms with Crippen LogP contribution < -0.4 is 11.2 Å². The van der Waals surface area contributed by atoms with Gasteiger partial charge in [-0.1, -0.05) is 6.07 Å². The van der Waals surface area contributed by atoms with Gasteiger partial charge in [-0.15, -0.1) is 11.3 Å². The van der Waals surface area contributed by atoms with E-state index in [1.54, 1.807) is 6.07 Å². The van der Waals surface area contributed by atoms with E-state index in [9.17, 15) is 0 Å². The van der Waals surface area contributed by atoms with E-state index in [0.29, 0.717) is 10.5 Å². The zero-order valence-corrected chi connectivity index (χ0v) is 10.0. The van der Waals surface area contributed by atoms with Crippen LogP contribution in [0.25, 0.3) is 10.1 Å². The summed E-state index contributed by atoms with van der Waals surface area (Å²) in [5, 5.41) is 20.0. The van der Waals surface area contributed by atoms with Crippen LogP contribution in [0.3, 0.4) is 0 Å². The number of anilines is 1. The van der Waals surface area contributed by atoms with Gasteiger partial charge in [0.2, 0.25) is 0 Å². The maximum Gasteiger partial charge on any atom is 0.489 e. The Morgan fingerprint density at radius 2 is 2.07 bits per heavy atom. The third kappa shape index (κ3) is 1.62. The minimum Gasteiger partial charge on any atom is -0.423 e. The molecule has 0 amide bonds. The highest BCUT2D eigenvalue weighted by molar-refractivity contribution is 14.1. The average molecular weight is 319 g/mol. The summed E-state index contributed by atoms with van der Waals surface area (Å²) in [7, 11) is -1.44. The molecule has 0 aliphatic heterocycles. The van der Waals surface area contributed by atoms with Crippen molar-refractivity contribution in [1.29, 1.82) is 0 Å². The molecule has 0 saturated heterocycles. The van der Waals surface area contributed by atoms with Gasteiger partial charge in [0.25, 0.3) is 0 Å². The fraction of sp³-hybridized carbons (Fsp3) is 0. The standard InChI is InChI=1S/C8H7BINO2S/c10-6-2-1-5(9(12)13)8-4(6)3-7(11)14-8/h1-3,12-13H,11H2. The summed E-state index contributed by atoms with van der Waals surface area (Å²) in [6, 6.07) is 5.42. The second-order valence-electron chi connectivity index (χ2n) is 2.90. The van der Waals surface area contributed by atoms with Crippen LogP contribution in [0.15, 0.2) is 18.2 Å². The van der Waals surface area contributed by atoms with E-state index in [4.69, 9.17) is 15.8 Å². The van der Waals surface area contributed by atoms with Gasteiger partial charge in [0.15, 0.2) is 0 Å². The molecule has 6 heteroatoms. The number of hydrogen-bond donors (Lipinski definition) is 3. The first-order valence-electron chi connectivity index (χ1n) is 3.93. The molecule has 0 saturated carbocycles. The molecule has 0 radical (unpaired) electrons. The van der Waals surface area contributed by atoms with Crippen molar-refractivity contribution < 1.29 is 10.0 Å². The van der Waals surface area contributed by atoms with Crippen molar-refractivity contribution in [2.45, 2.75) is 0 Å². The Morgan fingerprint density at radius 3 is 2.71 bits per heavy atom. The van der Waals surface area contributed by atoms with Gasteiger partial charge in [-0.05, 0) is 34.7 Å². The van der Waals surface area contributed by atoms with Gasteiger partial charge in [-0.2, -0.15) is 0 Å². The zero-order valence-electron chi connectivity index (χ0n) is 7.07. The normalized spacial score (nSPS) is 10.8. The van der Waals surface area contributed by atoms with Crippen LogP contribution in [0.4, 0.5) is 5.00 Å². The van der Waals surface area contributed by atoms with Crippen LogP contribution in [-0.4, -0.2) is 17.2 Å². The van der Waals surface area contributed by atoms with E-state index in [1.807, 2.05) is 12.1 Å². The zero-order chi connectivity index (χ0) is 10.3. The molecule has 2 aromatic rings. The van der Waals surface area contributed by atoms with E-state index < -0.39 is 7.12 Å². The lowest BCUT2D eigenvalue weighted by molar-refractivity contribution is 0.426. The van der Waals surface area contributed by atoms with Crippen LogP contribution in [0.5, 0.6) is 0 Å². The molecule has 3 nitrogen and oxygen atoms in total. The molecule has 0 aliphatic rings. The lowest BCUT2D eigenvalue weighted by Gasteiger charge is -2.01. The summed E-state index contributed by atoms with van der Waals surface area (Å²) in [6.07, 6.45) is 0. The molecule has 1 heterocycles. The number of nitrogens with two attached hydrogens (primary N) is 1. The molecule has 1 aromatic carbocycles. The van der Waals surface area contributed by atoms with Crippen molar-refractivity contribution in [1.82, 2.24) is 0 Å². The Bertz CT molecular complexity index is 485. The van der Waals surface area contributed by atoms with E-state index in [1.165, 1.54) is 11.3 Å². The van der Waals surface area contributed by atoms with Crippen LogP contribution in [0, 0.1) is 3.57 Å². The Labute approximate surface area is 98.8 Å². The summed E-state index contributed by atoms with van der Waals surface area (Å²) >= 11 is 3.57. The minimum absolute atomic E-state index is 0.516. The highest BCUT2D eigenvalue weighted by Gasteiger charge is 2.17. The predicted molar refractivity (Wildman–Crippen MR) is 68.8 cm³/mol. The Kier molecular flexibility index (Phi) is 2.69. The van der Waals surface area contributed by atoms with Gasteiger partial charge < -0.3 is 15.8 Å². The van der Waals surface area contributed by atoms with Gasteiger partial charge >= 0.3 is 7.12 Å². The molecule has 2 rings (SSSR count). The molecule has 72 valence electrons. The highest BCUT2D eigenvalue weighted by Crippen LogP contribution is 2.29. The molecule has 14 heavy (non-hydrogen) atoms. The lowest BCUT2D eigenvalue weighted by Crippen LogP contribution is -2.29. The van der Waals surface area contributed by atoms with Crippen molar-refractivity contribution in [3.63, 3.8) is 0 Å². The second kappa shape index (κ2) is 3.69. The third-order valence-corrected chi connectivity index (χ3v) is 3.91. The largest absolute Gasteiger partial charge is 0.489 e. The molecule has 0 atom stereocenters. The van der Waals surface area contributed by atoms with Gasteiger partial charge in [0, 0.05) is 19.1 Å². The van der Waals surface area contributed by atoms with E-state index >= 15 is 0 Å². The minimum atomic E-state index is -1.44. The Balaban J connectivity index is 2.81. The second-order valence-corrected chi connectivity index (χ2v) is 5.15. The Hall–Kier alpha value is -0.305. The number of halogens is 1. The fourth-order valence-electron chi connectivity index (χ4n) is 1.33. The number of fused-ring (bicyclic) bond motifs is 1. The first kappa shape index (κ1) is 10.2. The molecule has 4 N–H and O–H groups in total. The number of hydrogen-bond acceptors (Lipinski definition) is 4. The summed E-state index contributed by atoms with van der Waals surface area (Å²) < 4.78 is 1.92. The maximum absolute atomic E-state index is 9.14. The van der Waals surface area contributed by atoms with Crippen molar-refractivity contribution >= 4 is 61.6 Å². The van der Waals surface area contributed by atoms with Crippen LogP contribution >= 0.6 is 33.9 Å². The van der Waals surface area contributed by atoms with E-state index in [0.717, 1.165) is 13.7 Å². The number of thiophene rings is 1. The van der Waals surface area contributed by atoms with Gasteiger partial charge in [-0.3, -0.25) is 0 Å². The predicted octanol–water partition coefficient (Wildman–Crippen LogP) is 0.768. The maximum atomic E-state index is 9.14. The van der Waals surface area contributed by atoms with Crippen LogP contribution in [0.2, 0.25) is 0 Å². The SMILES string of the molecule is Nc1cc2c(I)ccc(B(O)O)c2s1. The molecule has 0 bridgehead atoms. The van der Waals surface area contributed by atoms with E-state index in [-0.39, 0.29) is 0 Å². The summed E-state index contributed by atoms with van der Waals surface area (Å²) in [4.78, 5) is 0. The average Bonchev–Trinajstić information content (AvgIpc) is 2.47. The van der Waals surface area contributed by atoms with Crippen LogP contribution in [-0.2, 0) is 0 Å². The first-order chi connectivity index (χ1) is 6.59. The summed E-state index contributed by atoms with van der Waals surface area (Å²) in [5.41, 5.74) is 6.20. The van der Waals surface area contributed by atoms with Crippen molar-refractivity contribution in [3.05, 3.63) is 21.8 Å². The molecule has 0 spiro atoms. The molecular weight excluding hydrogens is 312 g/mol. The third-order valence-electron chi connectivity index (χ3n) is 1.96. The topological polar surface area (TPSA) is 66.5 Å².